The summed E-state index contributed by atoms with van der Waals surface area (Å²) in [7, 11) is 0. The summed E-state index contributed by atoms with van der Waals surface area (Å²) in [6.45, 7) is 4.54. The minimum Gasteiger partial charge on any atom is -0.494 e. The van der Waals surface area contributed by atoms with Gasteiger partial charge in [0.1, 0.15) is 11.5 Å². The fraction of sp³-hybridized carbons (Fsp3) is 0.200. The summed E-state index contributed by atoms with van der Waals surface area (Å²) < 4.78 is 15.5. The Morgan fingerprint density at radius 2 is 1.72 bits per heavy atom. The van der Waals surface area contributed by atoms with Crippen molar-refractivity contribution in [3.05, 3.63) is 65.7 Å². The molecule has 5 nitrogen and oxygen atoms in total. The monoisotopic (exact) mass is 340 g/mol. The lowest BCUT2D eigenvalue weighted by atomic mass is 10.2. The Bertz CT molecular complexity index is 747. The summed E-state index contributed by atoms with van der Waals surface area (Å²) >= 11 is 0. The molecule has 0 unspecified atom stereocenters. The Balaban J connectivity index is 1.97. The molecule has 0 bridgehead atoms. The third-order valence-electron chi connectivity index (χ3n) is 3.17. The molecule has 0 aromatic heterocycles. The minimum absolute atomic E-state index is 0.284. The first kappa shape index (κ1) is 18.3. The van der Waals surface area contributed by atoms with Crippen molar-refractivity contribution in [2.24, 2.45) is 0 Å². The predicted molar refractivity (Wildman–Crippen MR) is 94.7 cm³/mol. The second-order valence-electron chi connectivity index (χ2n) is 5.00. The van der Waals surface area contributed by atoms with Gasteiger partial charge >= 0.3 is 11.9 Å². The average Bonchev–Trinajstić information content (AvgIpc) is 2.62. The minimum atomic E-state index is -0.533. The molecule has 0 heterocycles. The van der Waals surface area contributed by atoms with E-state index < -0.39 is 11.9 Å². The van der Waals surface area contributed by atoms with E-state index in [1.54, 1.807) is 31.2 Å². The molecule has 2 aromatic rings. The summed E-state index contributed by atoms with van der Waals surface area (Å²) in [4.78, 5) is 23.6. The molecule has 0 saturated carbocycles. The van der Waals surface area contributed by atoms with Crippen molar-refractivity contribution in [3.63, 3.8) is 0 Å². The smallest absolute Gasteiger partial charge is 0.338 e. The number of hydrogen-bond donors (Lipinski definition) is 0. The Morgan fingerprint density at radius 1 is 0.960 bits per heavy atom. The van der Waals surface area contributed by atoms with E-state index in [9.17, 15) is 9.59 Å². The van der Waals surface area contributed by atoms with Gasteiger partial charge in [0.25, 0.3) is 0 Å². The number of carbonyl (C=O) groups excluding carboxylic acids is 2. The van der Waals surface area contributed by atoms with Crippen LogP contribution in [-0.4, -0.2) is 25.2 Å². The molecule has 5 heteroatoms. The van der Waals surface area contributed by atoms with Crippen LogP contribution in [0, 0.1) is 0 Å². The molecule has 2 rings (SSSR count). The fourth-order valence-corrected chi connectivity index (χ4v) is 2.06. The van der Waals surface area contributed by atoms with Crippen molar-refractivity contribution in [1.29, 1.82) is 0 Å². The Labute approximate surface area is 146 Å². The van der Waals surface area contributed by atoms with E-state index in [4.69, 9.17) is 14.2 Å². The van der Waals surface area contributed by atoms with Gasteiger partial charge in [0.2, 0.25) is 0 Å². The topological polar surface area (TPSA) is 61.8 Å². The van der Waals surface area contributed by atoms with E-state index >= 15 is 0 Å². The van der Waals surface area contributed by atoms with Gasteiger partial charge in [-0.3, -0.25) is 0 Å². The van der Waals surface area contributed by atoms with E-state index in [0.29, 0.717) is 12.2 Å². The number of ether oxygens (including phenoxy) is 3. The van der Waals surface area contributed by atoms with E-state index in [1.807, 2.05) is 31.2 Å². The van der Waals surface area contributed by atoms with Crippen molar-refractivity contribution in [2.45, 2.75) is 13.8 Å². The Morgan fingerprint density at radius 3 is 2.40 bits per heavy atom. The van der Waals surface area contributed by atoms with Gasteiger partial charge in [-0.15, -0.1) is 0 Å². The summed E-state index contributed by atoms with van der Waals surface area (Å²) in [5.74, 6) is 0.0742. The van der Waals surface area contributed by atoms with Crippen LogP contribution in [0.4, 0.5) is 0 Å². The number of esters is 2. The highest BCUT2D eigenvalue weighted by Crippen LogP contribution is 2.16. The highest BCUT2D eigenvalue weighted by molar-refractivity contribution is 5.91. The molecule has 2 aromatic carbocycles. The normalized spacial score (nSPS) is 10.5. The number of carbonyl (C=O) groups is 2. The first-order valence-corrected chi connectivity index (χ1v) is 8.02. The fourth-order valence-electron chi connectivity index (χ4n) is 2.06. The molecule has 0 spiro atoms. The van der Waals surface area contributed by atoms with Crippen molar-refractivity contribution in [3.8, 4) is 11.5 Å². The van der Waals surface area contributed by atoms with Gasteiger partial charge in [0.15, 0.2) is 0 Å². The first-order valence-electron chi connectivity index (χ1n) is 8.02. The van der Waals surface area contributed by atoms with Gasteiger partial charge in [-0.25, -0.2) is 9.59 Å². The van der Waals surface area contributed by atoms with Crippen LogP contribution in [-0.2, 0) is 9.53 Å². The SMILES string of the molecule is CCOC(=O)c1cccc(OC(=O)/C=C/c2ccc(OCC)cc2)c1. The van der Waals surface area contributed by atoms with Crippen molar-refractivity contribution in [2.75, 3.05) is 13.2 Å². The van der Waals surface area contributed by atoms with Gasteiger partial charge in [-0.1, -0.05) is 18.2 Å². The second-order valence-corrected chi connectivity index (χ2v) is 5.00. The molecule has 0 radical (unpaired) electrons. The van der Waals surface area contributed by atoms with Crippen LogP contribution in [0.25, 0.3) is 6.08 Å². The first-order chi connectivity index (χ1) is 12.1. The maximum absolute atomic E-state index is 11.9. The third kappa shape index (κ3) is 5.80. The van der Waals surface area contributed by atoms with Crippen LogP contribution in [0.3, 0.4) is 0 Å². The number of hydrogen-bond acceptors (Lipinski definition) is 5. The van der Waals surface area contributed by atoms with Crippen LogP contribution in [0.2, 0.25) is 0 Å². The number of benzene rings is 2. The van der Waals surface area contributed by atoms with E-state index in [0.717, 1.165) is 11.3 Å². The van der Waals surface area contributed by atoms with Crippen molar-refractivity contribution >= 4 is 18.0 Å². The molecule has 0 amide bonds. The average molecular weight is 340 g/mol. The Hall–Kier alpha value is -3.08. The summed E-state index contributed by atoms with van der Waals surface area (Å²) in [5.41, 5.74) is 1.18. The molecular formula is C20H20O5. The maximum Gasteiger partial charge on any atom is 0.338 e. The van der Waals surface area contributed by atoms with Crippen LogP contribution in [0.5, 0.6) is 11.5 Å². The summed E-state index contributed by atoms with van der Waals surface area (Å²) in [6, 6.07) is 13.7. The van der Waals surface area contributed by atoms with Gasteiger partial charge in [-0.2, -0.15) is 0 Å². The van der Waals surface area contributed by atoms with Gasteiger partial charge in [0.05, 0.1) is 18.8 Å². The predicted octanol–water partition coefficient (Wildman–Crippen LogP) is 3.88. The molecule has 0 aliphatic heterocycles. The quantitative estimate of drug-likeness (QED) is 0.435. The summed E-state index contributed by atoms with van der Waals surface area (Å²) in [5, 5.41) is 0. The third-order valence-corrected chi connectivity index (χ3v) is 3.17. The summed E-state index contributed by atoms with van der Waals surface area (Å²) in [6.07, 6.45) is 2.97. The lowest BCUT2D eigenvalue weighted by Crippen LogP contribution is -2.07. The zero-order valence-electron chi connectivity index (χ0n) is 14.2. The lowest BCUT2D eigenvalue weighted by molar-refractivity contribution is -0.128. The zero-order valence-corrected chi connectivity index (χ0v) is 14.2. The highest BCUT2D eigenvalue weighted by atomic mass is 16.5. The maximum atomic E-state index is 11.9. The molecule has 0 saturated heterocycles. The van der Waals surface area contributed by atoms with Gasteiger partial charge in [0, 0.05) is 6.08 Å². The molecule has 0 aliphatic carbocycles. The highest BCUT2D eigenvalue weighted by Gasteiger charge is 2.08. The molecular weight excluding hydrogens is 320 g/mol. The van der Waals surface area contributed by atoms with E-state index in [-0.39, 0.29) is 12.4 Å². The van der Waals surface area contributed by atoms with E-state index in [1.165, 1.54) is 12.1 Å². The van der Waals surface area contributed by atoms with Gasteiger partial charge in [-0.05, 0) is 55.8 Å². The Kier molecular flexibility index (Phi) is 6.77. The molecule has 0 N–H and O–H groups in total. The van der Waals surface area contributed by atoms with Crippen molar-refractivity contribution in [1.82, 2.24) is 0 Å². The van der Waals surface area contributed by atoms with Crippen LogP contribution in [0.15, 0.2) is 54.6 Å². The number of rotatable bonds is 7. The molecule has 0 aliphatic rings. The van der Waals surface area contributed by atoms with Crippen LogP contribution >= 0.6 is 0 Å². The second kappa shape index (κ2) is 9.27. The van der Waals surface area contributed by atoms with Crippen LogP contribution < -0.4 is 9.47 Å². The van der Waals surface area contributed by atoms with E-state index in [2.05, 4.69) is 0 Å². The standard InChI is InChI=1S/C20H20O5/c1-3-23-17-11-8-15(9-12-17)10-13-19(21)25-18-7-5-6-16(14-18)20(22)24-4-2/h5-14H,3-4H2,1-2H3/b13-10+. The molecule has 130 valence electrons. The molecule has 0 fully saturated rings. The molecule has 25 heavy (non-hydrogen) atoms. The zero-order chi connectivity index (χ0) is 18.1. The molecule has 0 atom stereocenters. The van der Waals surface area contributed by atoms with Crippen molar-refractivity contribution < 1.29 is 23.8 Å². The van der Waals surface area contributed by atoms with Gasteiger partial charge < -0.3 is 14.2 Å². The largest absolute Gasteiger partial charge is 0.494 e. The van der Waals surface area contributed by atoms with Crippen LogP contribution in [0.1, 0.15) is 29.8 Å². The lowest BCUT2D eigenvalue weighted by Gasteiger charge is -2.05.